The van der Waals surface area contributed by atoms with Crippen molar-refractivity contribution in [2.75, 3.05) is 6.54 Å². The summed E-state index contributed by atoms with van der Waals surface area (Å²) in [6.07, 6.45) is 2.70. The average molecular weight is 241 g/mol. The van der Waals surface area contributed by atoms with E-state index in [-0.39, 0.29) is 11.3 Å². The van der Waals surface area contributed by atoms with Crippen molar-refractivity contribution >= 4 is 5.97 Å². The summed E-state index contributed by atoms with van der Waals surface area (Å²) in [6, 6.07) is 0. The highest BCUT2D eigenvalue weighted by atomic mass is 16.4. The quantitative estimate of drug-likeness (QED) is 0.795. The van der Waals surface area contributed by atoms with Gasteiger partial charge in [-0.3, -0.25) is 4.79 Å². The van der Waals surface area contributed by atoms with E-state index in [1.54, 1.807) is 0 Å². The summed E-state index contributed by atoms with van der Waals surface area (Å²) < 4.78 is 0. The molecule has 100 valence electrons. The zero-order valence-corrected chi connectivity index (χ0v) is 11.8. The average Bonchev–Trinajstić information content (AvgIpc) is 2.15. The molecule has 0 radical (unpaired) electrons. The predicted octanol–water partition coefficient (Wildman–Crippen LogP) is 2.90. The zero-order chi connectivity index (χ0) is 13.3. The van der Waals surface area contributed by atoms with E-state index in [0.29, 0.717) is 5.92 Å². The highest BCUT2D eigenvalue weighted by Gasteiger charge is 2.48. The molecule has 0 aliphatic heterocycles. The summed E-state index contributed by atoms with van der Waals surface area (Å²) >= 11 is 0. The van der Waals surface area contributed by atoms with Gasteiger partial charge in [0.05, 0.1) is 0 Å². The van der Waals surface area contributed by atoms with Gasteiger partial charge in [0, 0.05) is 0 Å². The Morgan fingerprint density at radius 3 is 2.41 bits per heavy atom. The van der Waals surface area contributed by atoms with E-state index >= 15 is 0 Å². The Hall–Kier alpha value is -0.570. The number of carboxylic acid groups (broad SMARTS) is 1. The summed E-state index contributed by atoms with van der Waals surface area (Å²) in [7, 11) is 0. The molecule has 1 rings (SSSR count). The molecule has 3 heteroatoms. The van der Waals surface area contributed by atoms with E-state index < -0.39 is 11.5 Å². The fourth-order valence-corrected chi connectivity index (χ4v) is 2.93. The van der Waals surface area contributed by atoms with Gasteiger partial charge in [-0.15, -0.1) is 0 Å². The van der Waals surface area contributed by atoms with Gasteiger partial charge >= 0.3 is 5.97 Å². The van der Waals surface area contributed by atoms with E-state index in [4.69, 9.17) is 0 Å². The third-order valence-corrected chi connectivity index (χ3v) is 4.10. The maximum Gasteiger partial charge on any atom is 0.324 e. The maximum atomic E-state index is 11.6. The molecule has 0 saturated heterocycles. The summed E-state index contributed by atoms with van der Waals surface area (Å²) in [5.41, 5.74) is -0.433. The Morgan fingerprint density at radius 1 is 1.41 bits per heavy atom. The van der Waals surface area contributed by atoms with Crippen LogP contribution in [0.3, 0.4) is 0 Å². The lowest BCUT2D eigenvalue weighted by atomic mass is 9.63. The van der Waals surface area contributed by atoms with Crippen molar-refractivity contribution in [1.29, 1.82) is 0 Å². The second-order valence-corrected chi connectivity index (χ2v) is 6.82. The van der Waals surface area contributed by atoms with Crippen LogP contribution in [0.2, 0.25) is 0 Å². The number of aliphatic carboxylic acids is 1. The lowest BCUT2D eigenvalue weighted by Crippen LogP contribution is -2.60. The van der Waals surface area contributed by atoms with Crippen LogP contribution < -0.4 is 5.32 Å². The second-order valence-electron chi connectivity index (χ2n) is 6.82. The Morgan fingerprint density at radius 2 is 2.00 bits per heavy atom. The fourth-order valence-electron chi connectivity index (χ4n) is 2.93. The first kappa shape index (κ1) is 14.5. The molecule has 2 atom stereocenters. The minimum atomic E-state index is -0.709. The molecule has 0 bridgehead atoms. The predicted molar refractivity (Wildman–Crippen MR) is 70.0 cm³/mol. The van der Waals surface area contributed by atoms with Crippen molar-refractivity contribution in [3.8, 4) is 0 Å². The van der Waals surface area contributed by atoms with Gasteiger partial charge in [-0.2, -0.15) is 0 Å². The van der Waals surface area contributed by atoms with Crippen LogP contribution in [0.15, 0.2) is 0 Å². The van der Waals surface area contributed by atoms with Crippen molar-refractivity contribution < 1.29 is 9.90 Å². The molecule has 1 saturated carbocycles. The van der Waals surface area contributed by atoms with E-state index in [2.05, 4.69) is 39.9 Å². The molecule has 3 nitrogen and oxygen atoms in total. The number of nitrogens with one attached hydrogen (secondary N) is 1. The molecular formula is C14H27NO2. The Balaban J connectivity index is 2.82. The number of carboxylic acids is 1. The molecule has 0 spiro atoms. The first-order valence-electron chi connectivity index (χ1n) is 6.68. The van der Waals surface area contributed by atoms with Crippen LogP contribution >= 0.6 is 0 Å². The van der Waals surface area contributed by atoms with Crippen molar-refractivity contribution in [2.24, 2.45) is 17.3 Å². The molecule has 17 heavy (non-hydrogen) atoms. The van der Waals surface area contributed by atoms with Crippen molar-refractivity contribution in [3.05, 3.63) is 0 Å². The van der Waals surface area contributed by atoms with Crippen molar-refractivity contribution in [1.82, 2.24) is 5.32 Å². The summed E-state index contributed by atoms with van der Waals surface area (Å²) in [5, 5.41) is 12.9. The number of carbonyl (C=O) groups is 1. The lowest BCUT2D eigenvalue weighted by molar-refractivity contribution is -0.150. The topological polar surface area (TPSA) is 49.3 Å². The van der Waals surface area contributed by atoms with Gasteiger partial charge in [-0.1, -0.05) is 34.6 Å². The van der Waals surface area contributed by atoms with Crippen LogP contribution in [0.1, 0.15) is 53.9 Å². The minimum Gasteiger partial charge on any atom is -0.480 e. The van der Waals surface area contributed by atoms with E-state index in [1.165, 1.54) is 0 Å². The molecule has 1 fully saturated rings. The summed E-state index contributed by atoms with van der Waals surface area (Å²) in [5.74, 6) is -0.0167. The van der Waals surface area contributed by atoms with Gasteiger partial charge in [0.1, 0.15) is 5.54 Å². The summed E-state index contributed by atoms with van der Waals surface area (Å²) in [6.45, 7) is 11.5. The Kier molecular flexibility index (Phi) is 4.23. The molecule has 2 N–H and O–H groups in total. The van der Waals surface area contributed by atoms with E-state index in [0.717, 1.165) is 25.8 Å². The van der Waals surface area contributed by atoms with Crippen LogP contribution in [0.5, 0.6) is 0 Å². The van der Waals surface area contributed by atoms with Crippen LogP contribution in [0.4, 0.5) is 0 Å². The fraction of sp³-hybridized carbons (Fsp3) is 0.929. The molecule has 1 aliphatic rings. The summed E-state index contributed by atoms with van der Waals surface area (Å²) in [4.78, 5) is 11.6. The molecule has 1 aliphatic carbocycles. The highest BCUT2D eigenvalue weighted by molar-refractivity contribution is 5.79. The van der Waals surface area contributed by atoms with Crippen LogP contribution in [0.25, 0.3) is 0 Å². The van der Waals surface area contributed by atoms with Crippen molar-refractivity contribution in [3.63, 3.8) is 0 Å². The Bertz CT molecular complexity index is 282. The van der Waals surface area contributed by atoms with Crippen LogP contribution in [-0.2, 0) is 4.79 Å². The number of rotatable bonds is 4. The second kappa shape index (κ2) is 4.97. The monoisotopic (exact) mass is 241 g/mol. The van der Waals surface area contributed by atoms with E-state index in [9.17, 15) is 9.90 Å². The molecule has 0 aromatic carbocycles. The molecule has 0 aromatic rings. The molecule has 0 heterocycles. The van der Waals surface area contributed by atoms with Gasteiger partial charge in [-0.05, 0) is 43.1 Å². The number of hydrogen-bond acceptors (Lipinski definition) is 2. The molecular weight excluding hydrogens is 214 g/mol. The molecule has 0 aromatic heterocycles. The van der Waals surface area contributed by atoms with Gasteiger partial charge in [0.15, 0.2) is 0 Å². The van der Waals surface area contributed by atoms with Crippen LogP contribution in [0, 0.1) is 17.3 Å². The van der Waals surface area contributed by atoms with Crippen LogP contribution in [-0.4, -0.2) is 23.2 Å². The van der Waals surface area contributed by atoms with Gasteiger partial charge in [-0.25, -0.2) is 0 Å². The lowest BCUT2D eigenvalue weighted by Gasteiger charge is -2.46. The van der Waals surface area contributed by atoms with Crippen molar-refractivity contribution in [2.45, 2.75) is 59.4 Å². The third kappa shape index (κ3) is 3.21. The largest absolute Gasteiger partial charge is 0.480 e. The zero-order valence-electron chi connectivity index (χ0n) is 11.8. The maximum absolute atomic E-state index is 11.6. The normalized spacial score (nSPS) is 32.7. The van der Waals surface area contributed by atoms with Gasteiger partial charge in [0.2, 0.25) is 0 Å². The number of hydrogen-bond donors (Lipinski definition) is 2. The third-order valence-electron chi connectivity index (χ3n) is 4.10. The Labute approximate surface area is 105 Å². The standard InChI is InChI=1S/C14H27NO2/c1-10(2)9-15-14(12(16)17)7-6-13(4,5)8-11(14)3/h10-11,15H,6-9H2,1-5H3,(H,16,17). The SMILES string of the molecule is CC(C)CNC1(C(=O)O)CCC(C)(C)CC1C. The molecule has 0 amide bonds. The van der Waals surface area contributed by atoms with E-state index in [1.807, 2.05) is 0 Å². The first-order chi connectivity index (χ1) is 7.69. The molecule has 2 unspecified atom stereocenters. The van der Waals surface area contributed by atoms with Gasteiger partial charge in [0.25, 0.3) is 0 Å². The highest BCUT2D eigenvalue weighted by Crippen LogP contribution is 2.44. The minimum absolute atomic E-state index is 0.183. The first-order valence-corrected chi connectivity index (χ1v) is 6.68. The smallest absolute Gasteiger partial charge is 0.324 e. The van der Waals surface area contributed by atoms with Gasteiger partial charge < -0.3 is 10.4 Å².